The van der Waals surface area contributed by atoms with Gasteiger partial charge in [-0.15, -0.1) is 10.2 Å². The Balaban J connectivity index is 1.63. The molecular weight excluding hydrogens is 336 g/mol. The van der Waals surface area contributed by atoms with Gasteiger partial charge in [-0.3, -0.25) is 4.79 Å². The third-order valence-corrected chi connectivity index (χ3v) is 5.52. The number of rotatable bonds is 5. The van der Waals surface area contributed by atoms with Crippen LogP contribution in [0.3, 0.4) is 0 Å². The summed E-state index contributed by atoms with van der Waals surface area (Å²) < 4.78 is 7.11. The molecule has 25 heavy (non-hydrogen) atoms. The SMILES string of the molecule is COc1ccc(-c2nnc(SCC(=O)N3CCCC(C)C3)n2C)cc1. The van der Waals surface area contributed by atoms with E-state index in [-0.39, 0.29) is 5.91 Å². The van der Waals surface area contributed by atoms with Crippen molar-refractivity contribution in [3.05, 3.63) is 24.3 Å². The van der Waals surface area contributed by atoms with Crippen LogP contribution in [0, 0.1) is 5.92 Å². The van der Waals surface area contributed by atoms with Crippen LogP contribution in [0.25, 0.3) is 11.4 Å². The zero-order valence-corrected chi connectivity index (χ0v) is 15.8. The number of hydrogen-bond acceptors (Lipinski definition) is 5. The van der Waals surface area contributed by atoms with Crippen LogP contribution in [0.5, 0.6) is 5.75 Å². The van der Waals surface area contributed by atoms with E-state index in [4.69, 9.17) is 4.74 Å². The minimum Gasteiger partial charge on any atom is -0.497 e. The molecule has 1 unspecified atom stereocenters. The number of methoxy groups -OCH3 is 1. The van der Waals surface area contributed by atoms with Gasteiger partial charge >= 0.3 is 0 Å². The van der Waals surface area contributed by atoms with Crippen LogP contribution in [0.2, 0.25) is 0 Å². The number of aromatic nitrogens is 3. The fourth-order valence-corrected chi connectivity index (χ4v) is 3.88. The van der Waals surface area contributed by atoms with E-state index in [1.54, 1.807) is 7.11 Å². The summed E-state index contributed by atoms with van der Waals surface area (Å²) in [7, 11) is 3.57. The quantitative estimate of drug-likeness (QED) is 0.768. The Bertz CT molecular complexity index is 729. The van der Waals surface area contributed by atoms with Gasteiger partial charge in [-0.25, -0.2) is 0 Å². The van der Waals surface area contributed by atoms with Gasteiger partial charge in [0.2, 0.25) is 5.91 Å². The summed E-state index contributed by atoms with van der Waals surface area (Å²) in [6, 6.07) is 7.71. The average molecular weight is 360 g/mol. The van der Waals surface area contributed by atoms with Gasteiger partial charge in [-0.1, -0.05) is 18.7 Å². The Morgan fingerprint density at radius 1 is 1.32 bits per heavy atom. The number of hydrogen-bond donors (Lipinski definition) is 0. The number of nitrogens with zero attached hydrogens (tertiary/aromatic N) is 4. The molecule has 1 aliphatic heterocycles. The van der Waals surface area contributed by atoms with Crippen molar-refractivity contribution >= 4 is 17.7 Å². The number of carbonyl (C=O) groups excluding carboxylic acids is 1. The Morgan fingerprint density at radius 2 is 2.08 bits per heavy atom. The molecule has 1 atom stereocenters. The molecule has 3 rings (SSSR count). The van der Waals surface area contributed by atoms with Gasteiger partial charge in [-0.2, -0.15) is 0 Å². The van der Waals surface area contributed by atoms with Crippen LogP contribution in [-0.4, -0.2) is 51.5 Å². The van der Waals surface area contributed by atoms with E-state index in [1.165, 1.54) is 18.2 Å². The summed E-state index contributed by atoms with van der Waals surface area (Å²) >= 11 is 1.45. The first-order valence-electron chi connectivity index (χ1n) is 8.53. The largest absolute Gasteiger partial charge is 0.497 e. The Hall–Kier alpha value is -2.02. The normalized spacial score (nSPS) is 17.6. The highest BCUT2D eigenvalue weighted by Crippen LogP contribution is 2.25. The third kappa shape index (κ3) is 4.15. The van der Waals surface area contributed by atoms with Gasteiger partial charge in [-0.05, 0) is 43.0 Å². The van der Waals surface area contributed by atoms with E-state index in [9.17, 15) is 4.79 Å². The van der Waals surface area contributed by atoms with E-state index in [0.717, 1.165) is 41.8 Å². The summed E-state index contributed by atoms with van der Waals surface area (Å²) in [4.78, 5) is 14.4. The molecule has 1 aliphatic rings. The van der Waals surface area contributed by atoms with Crippen molar-refractivity contribution in [3.63, 3.8) is 0 Å². The Labute approximate surface area is 152 Å². The zero-order chi connectivity index (χ0) is 17.8. The zero-order valence-electron chi connectivity index (χ0n) is 14.9. The summed E-state index contributed by atoms with van der Waals surface area (Å²) in [6.07, 6.45) is 2.31. The highest BCUT2D eigenvalue weighted by molar-refractivity contribution is 7.99. The fraction of sp³-hybridized carbons (Fsp3) is 0.500. The monoisotopic (exact) mass is 360 g/mol. The molecule has 2 aromatic rings. The van der Waals surface area contributed by atoms with Crippen molar-refractivity contribution in [2.24, 2.45) is 13.0 Å². The van der Waals surface area contributed by atoms with Crippen molar-refractivity contribution < 1.29 is 9.53 Å². The minimum atomic E-state index is 0.186. The summed E-state index contributed by atoms with van der Waals surface area (Å²) in [5, 5.41) is 9.26. The molecule has 134 valence electrons. The molecule has 0 radical (unpaired) electrons. The first-order valence-corrected chi connectivity index (χ1v) is 9.51. The van der Waals surface area contributed by atoms with Gasteiger partial charge in [0.05, 0.1) is 12.9 Å². The van der Waals surface area contributed by atoms with Crippen molar-refractivity contribution in [3.8, 4) is 17.1 Å². The van der Waals surface area contributed by atoms with E-state index in [0.29, 0.717) is 11.7 Å². The molecule has 0 saturated carbocycles. The second kappa shape index (κ2) is 7.91. The maximum absolute atomic E-state index is 12.4. The second-order valence-corrected chi connectivity index (χ2v) is 7.41. The predicted octanol–water partition coefficient (Wildman–Crippen LogP) is 2.84. The van der Waals surface area contributed by atoms with Crippen molar-refractivity contribution in [2.45, 2.75) is 24.9 Å². The number of amides is 1. The molecule has 0 N–H and O–H groups in total. The van der Waals surface area contributed by atoms with Gasteiger partial charge in [0.15, 0.2) is 11.0 Å². The predicted molar refractivity (Wildman–Crippen MR) is 98.7 cm³/mol. The molecule has 0 aliphatic carbocycles. The van der Waals surface area contributed by atoms with Gasteiger partial charge in [0.1, 0.15) is 5.75 Å². The first-order chi connectivity index (χ1) is 12.1. The summed E-state index contributed by atoms with van der Waals surface area (Å²) in [5.41, 5.74) is 0.971. The average Bonchev–Trinajstić information content (AvgIpc) is 3.00. The van der Waals surface area contributed by atoms with Gasteiger partial charge in [0.25, 0.3) is 0 Å². The van der Waals surface area contributed by atoms with Crippen LogP contribution < -0.4 is 4.74 Å². The standard InChI is InChI=1S/C18H24N4O2S/c1-13-5-4-10-22(11-13)16(23)12-25-18-20-19-17(21(18)2)14-6-8-15(24-3)9-7-14/h6-9,13H,4-5,10-12H2,1-3H3. The summed E-state index contributed by atoms with van der Waals surface area (Å²) in [5.74, 6) is 2.78. The maximum Gasteiger partial charge on any atom is 0.233 e. The smallest absolute Gasteiger partial charge is 0.233 e. The highest BCUT2D eigenvalue weighted by atomic mass is 32.2. The van der Waals surface area contributed by atoms with Crippen molar-refractivity contribution in [1.82, 2.24) is 19.7 Å². The highest BCUT2D eigenvalue weighted by Gasteiger charge is 2.21. The number of ether oxygens (including phenoxy) is 1. The maximum atomic E-state index is 12.4. The number of thioether (sulfide) groups is 1. The van der Waals surface area contributed by atoms with E-state index in [1.807, 2.05) is 40.8 Å². The molecule has 6 nitrogen and oxygen atoms in total. The lowest BCUT2D eigenvalue weighted by Crippen LogP contribution is -2.40. The molecule has 1 amide bonds. The van der Waals surface area contributed by atoms with Gasteiger partial charge in [0, 0.05) is 25.7 Å². The fourth-order valence-electron chi connectivity index (χ4n) is 3.07. The Kier molecular flexibility index (Phi) is 5.63. The molecule has 2 heterocycles. The molecule has 1 fully saturated rings. The van der Waals surface area contributed by atoms with E-state index in [2.05, 4.69) is 17.1 Å². The molecule has 0 bridgehead atoms. The third-order valence-electron chi connectivity index (χ3n) is 4.52. The number of carbonyl (C=O) groups is 1. The minimum absolute atomic E-state index is 0.186. The first kappa shape index (κ1) is 17.8. The number of piperidine rings is 1. The molecular formula is C18H24N4O2S. The second-order valence-electron chi connectivity index (χ2n) is 6.47. The number of benzene rings is 1. The molecule has 0 spiro atoms. The van der Waals surface area contributed by atoms with Crippen LogP contribution in [0.4, 0.5) is 0 Å². The molecule has 7 heteroatoms. The van der Waals surface area contributed by atoms with Gasteiger partial charge < -0.3 is 14.2 Å². The Morgan fingerprint density at radius 3 is 2.76 bits per heavy atom. The lowest BCUT2D eigenvalue weighted by atomic mass is 10.0. The summed E-state index contributed by atoms with van der Waals surface area (Å²) in [6.45, 7) is 3.95. The van der Waals surface area contributed by atoms with Crippen LogP contribution in [-0.2, 0) is 11.8 Å². The van der Waals surface area contributed by atoms with Crippen LogP contribution in [0.15, 0.2) is 29.4 Å². The number of likely N-dealkylation sites (tertiary alicyclic amines) is 1. The molecule has 1 saturated heterocycles. The molecule has 1 aromatic heterocycles. The van der Waals surface area contributed by atoms with Crippen molar-refractivity contribution in [2.75, 3.05) is 26.0 Å². The van der Waals surface area contributed by atoms with E-state index < -0.39 is 0 Å². The van der Waals surface area contributed by atoms with Crippen LogP contribution in [0.1, 0.15) is 19.8 Å². The topological polar surface area (TPSA) is 60.3 Å². The molecule has 1 aromatic carbocycles. The lowest BCUT2D eigenvalue weighted by molar-refractivity contribution is -0.130. The lowest BCUT2D eigenvalue weighted by Gasteiger charge is -2.30. The van der Waals surface area contributed by atoms with E-state index >= 15 is 0 Å². The van der Waals surface area contributed by atoms with Crippen LogP contribution >= 0.6 is 11.8 Å². The van der Waals surface area contributed by atoms with Crippen molar-refractivity contribution in [1.29, 1.82) is 0 Å².